The van der Waals surface area contributed by atoms with Gasteiger partial charge in [0.05, 0.1) is 12.4 Å². The largest absolute Gasteiger partial charge is 0.434 e. The van der Waals surface area contributed by atoms with Crippen molar-refractivity contribution in [2.75, 3.05) is 0 Å². The van der Waals surface area contributed by atoms with Gasteiger partial charge in [0.15, 0.2) is 16.7 Å². The maximum absolute atomic E-state index is 13.3. The second-order valence-electron chi connectivity index (χ2n) is 2.86. The third kappa shape index (κ3) is 2.59. The highest BCUT2D eigenvalue weighted by atomic mass is 35.5. The van der Waals surface area contributed by atoms with Crippen molar-refractivity contribution in [3.05, 3.63) is 46.6 Å². The molecule has 82 valence electrons. The lowest BCUT2D eigenvalue weighted by Crippen LogP contribution is -1.91. The Labute approximate surface area is 101 Å². The van der Waals surface area contributed by atoms with Crippen molar-refractivity contribution in [2.24, 2.45) is 0 Å². The van der Waals surface area contributed by atoms with Gasteiger partial charge in [0.25, 0.3) is 0 Å². The van der Waals surface area contributed by atoms with Crippen molar-refractivity contribution in [1.29, 1.82) is 0 Å². The average Bonchev–Trinajstić information content (AvgIpc) is 2.22. The van der Waals surface area contributed by atoms with Crippen LogP contribution in [0.3, 0.4) is 0 Å². The van der Waals surface area contributed by atoms with E-state index in [1.165, 1.54) is 24.5 Å². The number of hydrogen-bond donors (Lipinski definition) is 0. The molecule has 0 aliphatic rings. The number of benzene rings is 1. The van der Waals surface area contributed by atoms with E-state index in [0.717, 1.165) is 6.07 Å². The molecular weight excluding hydrogens is 254 g/mol. The molecule has 0 amide bonds. The summed E-state index contributed by atoms with van der Waals surface area (Å²) in [6.45, 7) is 0. The molecule has 2 aromatic rings. The highest BCUT2D eigenvalue weighted by Crippen LogP contribution is 2.25. The highest BCUT2D eigenvalue weighted by molar-refractivity contribution is 6.30. The van der Waals surface area contributed by atoms with Crippen LogP contribution in [0.25, 0.3) is 0 Å². The molecule has 1 aromatic carbocycles. The first kappa shape index (κ1) is 11.1. The van der Waals surface area contributed by atoms with E-state index in [0.29, 0.717) is 5.02 Å². The first-order chi connectivity index (χ1) is 7.65. The maximum Gasteiger partial charge on any atom is 0.239 e. The van der Waals surface area contributed by atoms with Gasteiger partial charge in [-0.15, -0.1) is 0 Å². The maximum atomic E-state index is 13.3. The summed E-state index contributed by atoms with van der Waals surface area (Å²) < 4.78 is 18.5. The van der Waals surface area contributed by atoms with Crippen molar-refractivity contribution < 1.29 is 9.13 Å². The van der Waals surface area contributed by atoms with E-state index in [-0.39, 0.29) is 16.8 Å². The van der Waals surface area contributed by atoms with Crippen molar-refractivity contribution >= 4 is 23.2 Å². The average molecular weight is 259 g/mol. The van der Waals surface area contributed by atoms with Crippen LogP contribution in [0.2, 0.25) is 10.2 Å². The van der Waals surface area contributed by atoms with Crippen LogP contribution < -0.4 is 4.74 Å². The van der Waals surface area contributed by atoms with Crippen LogP contribution in [0, 0.1) is 5.82 Å². The Kier molecular flexibility index (Phi) is 3.22. The predicted molar refractivity (Wildman–Crippen MR) is 58.5 cm³/mol. The van der Waals surface area contributed by atoms with Gasteiger partial charge in [0, 0.05) is 5.02 Å². The number of nitrogens with zero attached hydrogens (tertiary/aromatic N) is 2. The van der Waals surface area contributed by atoms with Gasteiger partial charge in [-0.3, -0.25) is 4.98 Å². The number of hydrogen-bond acceptors (Lipinski definition) is 3. The first-order valence-electron chi connectivity index (χ1n) is 4.25. The number of aromatic nitrogens is 2. The third-order valence-electron chi connectivity index (χ3n) is 1.69. The normalized spacial score (nSPS) is 10.2. The lowest BCUT2D eigenvalue weighted by molar-refractivity contribution is 0.425. The van der Waals surface area contributed by atoms with E-state index in [2.05, 4.69) is 9.97 Å². The minimum Gasteiger partial charge on any atom is -0.434 e. The van der Waals surface area contributed by atoms with Gasteiger partial charge in [-0.1, -0.05) is 23.2 Å². The Bertz CT molecular complexity index is 522. The molecule has 0 saturated heterocycles. The standard InChI is InChI=1S/C10H5Cl2FN2O/c11-6-1-2-8(7(13)3-6)16-10-5-14-4-9(12)15-10/h1-5H. The zero-order chi connectivity index (χ0) is 11.5. The van der Waals surface area contributed by atoms with Crippen LogP contribution >= 0.6 is 23.2 Å². The summed E-state index contributed by atoms with van der Waals surface area (Å²) in [5.41, 5.74) is 0. The van der Waals surface area contributed by atoms with Crippen LogP contribution in [0.4, 0.5) is 4.39 Å². The second-order valence-corrected chi connectivity index (χ2v) is 3.68. The van der Waals surface area contributed by atoms with Gasteiger partial charge < -0.3 is 4.74 Å². The Morgan fingerprint density at radius 3 is 2.69 bits per heavy atom. The molecule has 1 heterocycles. The summed E-state index contributed by atoms with van der Waals surface area (Å²) in [6.07, 6.45) is 2.69. The molecule has 16 heavy (non-hydrogen) atoms. The molecule has 0 bridgehead atoms. The summed E-state index contributed by atoms with van der Waals surface area (Å²) in [5.74, 6) is -0.441. The molecule has 0 fully saturated rings. The molecule has 0 spiro atoms. The molecule has 0 N–H and O–H groups in total. The highest BCUT2D eigenvalue weighted by Gasteiger charge is 2.06. The molecule has 0 aliphatic heterocycles. The van der Waals surface area contributed by atoms with Crippen LogP contribution in [0.1, 0.15) is 0 Å². The van der Waals surface area contributed by atoms with Crippen LogP contribution in [-0.2, 0) is 0 Å². The zero-order valence-electron chi connectivity index (χ0n) is 7.82. The second kappa shape index (κ2) is 4.63. The number of rotatable bonds is 2. The first-order valence-corrected chi connectivity index (χ1v) is 5.01. The lowest BCUT2D eigenvalue weighted by Gasteiger charge is -2.05. The van der Waals surface area contributed by atoms with Gasteiger partial charge in [-0.25, -0.2) is 4.39 Å². The molecule has 0 atom stereocenters. The zero-order valence-corrected chi connectivity index (χ0v) is 9.34. The number of ether oxygens (including phenoxy) is 1. The van der Waals surface area contributed by atoms with Gasteiger partial charge >= 0.3 is 0 Å². The van der Waals surface area contributed by atoms with E-state index in [1.54, 1.807) is 0 Å². The van der Waals surface area contributed by atoms with Crippen LogP contribution in [0.5, 0.6) is 11.6 Å². The Morgan fingerprint density at radius 1 is 1.19 bits per heavy atom. The summed E-state index contributed by atoms with van der Waals surface area (Å²) in [4.78, 5) is 7.57. The molecule has 6 heteroatoms. The lowest BCUT2D eigenvalue weighted by atomic mass is 10.3. The molecule has 3 nitrogen and oxygen atoms in total. The van der Waals surface area contributed by atoms with Crippen molar-refractivity contribution in [1.82, 2.24) is 9.97 Å². The Balaban J connectivity index is 2.27. The fourth-order valence-corrected chi connectivity index (χ4v) is 1.34. The molecule has 0 radical (unpaired) electrons. The van der Waals surface area contributed by atoms with Crippen molar-refractivity contribution in [2.45, 2.75) is 0 Å². The van der Waals surface area contributed by atoms with E-state index in [1.807, 2.05) is 0 Å². The summed E-state index contributed by atoms with van der Waals surface area (Å²) in [7, 11) is 0. The number of halogens is 3. The molecular formula is C10H5Cl2FN2O. The minimum absolute atomic E-state index is 0.0148. The van der Waals surface area contributed by atoms with Crippen molar-refractivity contribution in [3.63, 3.8) is 0 Å². The molecule has 2 rings (SSSR count). The Morgan fingerprint density at radius 2 is 2.00 bits per heavy atom. The third-order valence-corrected chi connectivity index (χ3v) is 2.11. The van der Waals surface area contributed by atoms with E-state index < -0.39 is 5.82 Å². The van der Waals surface area contributed by atoms with Gasteiger partial charge in [0.1, 0.15) is 0 Å². The minimum atomic E-state index is -0.575. The Hall–Kier alpha value is -1.39. The quantitative estimate of drug-likeness (QED) is 0.824. The summed E-state index contributed by atoms with van der Waals surface area (Å²) in [6, 6.07) is 4.06. The van der Waals surface area contributed by atoms with E-state index in [4.69, 9.17) is 27.9 Å². The summed E-state index contributed by atoms with van der Waals surface area (Å²) >= 11 is 11.2. The fourth-order valence-electron chi connectivity index (χ4n) is 1.05. The van der Waals surface area contributed by atoms with Gasteiger partial charge in [0.2, 0.25) is 5.88 Å². The van der Waals surface area contributed by atoms with E-state index in [9.17, 15) is 4.39 Å². The van der Waals surface area contributed by atoms with Gasteiger partial charge in [-0.05, 0) is 18.2 Å². The molecule has 1 aromatic heterocycles. The van der Waals surface area contributed by atoms with Crippen LogP contribution in [0.15, 0.2) is 30.6 Å². The fraction of sp³-hybridized carbons (Fsp3) is 0. The molecule has 0 saturated carbocycles. The molecule has 0 unspecified atom stereocenters. The SMILES string of the molecule is Fc1cc(Cl)ccc1Oc1cncc(Cl)n1. The monoisotopic (exact) mass is 258 g/mol. The smallest absolute Gasteiger partial charge is 0.239 e. The predicted octanol–water partition coefficient (Wildman–Crippen LogP) is 3.71. The van der Waals surface area contributed by atoms with Gasteiger partial charge in [-0.2, -0.15) is 4.98 Å². The topological polar surface area (TPSA) is 35.0 Å². The van der Waals surface area contributed by atoms with Crippen LogP contribution in [-0.4, -0.2) is 9.97 Å². The molecule has 0 aliphatic carbocycles. The summed E-state index contributed by atoms with van der Waals surface area (Å²) in [5, 5.41) is 0.467. The van der Waals surface area contributed by atoms with E-state index >= 15 is 0 Å². The van der Waals surface area contributed by atoms with Crippen molar-refractivity contribution in [3.8, 4) is 11.6 Å².